The fourth-order valence-corrected chi connectivity index (χ4v) is 2.25. The molecule has 0 spiro atoms. The van der Waals surface area contributed by atoms with Gasteiger partial charge in [-0.3, -0.25) is 4.99 Å². The van der Waals surface area contributed by atoms with Crippen molar-refractivity contribution in [1.82, 2.24) is 0 Å². The van der Waals surface area contributed by atoms with E-state index < -0.39 is 5.60 Å². The van der Waals surface area contributed by atoms with Crippen LogP contribution < -0.4 is 11.1 Å². The topological polar surface area (TPSA) is 70.6 Å². The minimum atomic E-state index is -0.639. The second kappa shape index (κ2) is 7.09. The minimum Gasteiger partial charge on any atom is -0.388 e. The van der Waals surface area contributed by atoms with Crippen LogP contribution in [0.4, 0.5) is 5.69 Å². The summed E-state index contributed by atoms with van der Waals surface area (Å²) in [7, 11) is 0. The molecule has 1 fully saturated rings. The maximum atomic E-state index is 10.2. The summed E-state index contributed by atoms with van der Waals surface area (Å²) in [4.78, 5) is 4.23. The lowest BCUT2D eigenvalue weighted by Crippen LogP contribution is -2.31. The summed E-state index contributed by atoms with van der Waals surface area (Å²) >= 11 is 0. The second-order valence-electron chi connectivity index (χ2n) is 5.12. The number of guanidine groups is 1. The third kappa shape index (κ3) is 4.99. The molecule has 5 heteroatoms. The zero-order valence-corrected chi connectivity index (χ0v) is 13.6. The van der Waals surface area contributed by atoms with Crippen LogP contribution in [0, 0.1) is 6.92 Å². The quantitative estimate of drug-likeness (QED) is 0.432. The summed E-state index contributed by atoms with van der Waals surface area (Å²) in [5, 5.41) is 13.2. The lowest BCUT2D eigenvalue weighted by atomic mass is 10.0. The molecule has 4 N–H and O–H groups in total. The van der Waals surface area contributed by atoms with Gasteiger partial charge in [0.15, 0.2) is 5.96 Å². The summed E-state index contributed by atoms with van der Waals surface area (Å²) in [6.45, 7) is 2.43. The first-order valence-electron chi connectivity index (χ1n) is 6.43. The van der Waals surface area contributed by atoms with Crippen molar-refractivity contribution in [2.45, 2.75) is 38.2 Å². The highest BCUT2D eigenvalue weighted by Gasteiger charge is 2.30. The number of nitrogens with one attached hydrogen (secondary N) is 1. The van der Waals surface area contributed by atoms with Gasteiger partial charge in [0, 0.05) is 5.69 Å². The van der Waals surface area contributed by atoms with E-state index in [4.69, 9.17) is 5.73 Å². The van der Waals surface area contributed by atoms with E-state index in [-0.39, 0.29) is 24.0 Å². The first-order valence-corrected chi connectivity index (χ1v) is 6.43. The molecule has 2 rings (SSSR count). The zero-order valence-electron chi connectivity index (χ0n) is 11.2. The zero-order chi connectivity index (χ0) is 13.0. The molecule has 0 saturated heterocycles. The number of benzene rings is 1. The molecule has 0 aromatic heterocycles. The number of nitrogens with two attached hydrogens (primary N) is 1. The van der Waals surface area contributed by atoms with Crippen LogP contribution >= 0.6 is 24.0 Å². The smallest absolute Gasteiger partial charge is 0.193 e. The Labute approximate surface area is 131 Å². The number of hydrogen-bond donors (Lipinski definition) is 3. The Morgan fingerprint density at radius 1 is 1.32 bits per heavy atom. The molecular formula is C14H22IN3O. The number of halogens is 1. The molecule has 19 heavy (non-hydrogen) atoms. The molecule has 0 amide bonds. The Kier molecular flexibility index (Phi) is 6.06. The number of aliphatic hydroxyl groups is 1. The molecule has 4 nitrogen and oxygen atoms in total. The Morgan fingerprint density at radius 3 is 2.47 bits per heavy atom. The third-order valence-electron chi connectivity index (χ3n) is 3.40. The molecule has 1 aliphatic rings. The monoisotopic (exact) mass is 375 g/mol. The summed E-state index contributed by atoms with van der Waals surface area (Å²) in [6, 6.07) is 7.95. The molecule has 0 radical (unpaired) electrons. The predicted octanol–water partition coefficient (Wildman–Crippen LogP) is 2.64. The Balaban J connectivity index is 0.00000180. The van der Waals surface area contributed by atoms with Crippen molar-refractivity contribution in [3.63, 3.8) is 0 Å². The maximum absolute atomic E-state index is 10.2. The molecule has 1 saturated carbocycles. The summed E-state index contributed by atoms with van der Waals surface area (Å²) in [5.41, 5.74) is 7.29. The summed E-state index contributed by atoms with van der Waals surface area (Å²) in [5.74, 6) is 0.360. The molecule has 1 aromatic rings. The Bertz CT molecular complexity index is 425. The van der Waals surface area contributed by atoms with Crippen molar-refractivity contribution in [3.8, 4) is 0 Å². The number of aryl methyl sites for hydroxylation is 1. The molecule has 0 bridgehead atoms. The Morgan fingerprint density at radius 2 is 1.89 bits per heavy atom. The highest BCUT2D eigenvalue weighted by molar-refractivity contribution is 14.0. The normalized spacial score (nSPS) is 17.9. The van der Waals surface area contributed by atoms with Crippen molar-refractivity contribution in [2.75, 3.05) is 11.9 Å². The first-order chi connectivity index (χ1) is 8.57. The van der Waals surface area contributed by atoms with E-state index in [1.54, 1.807) is 0 Å². The van der Waals surface area contributed by atoms with Gasteiger partial charge in [0.05, 0.1) is 12.1 Å². The fourth-order valence-electron chi connectivity index (χ4n) is 2.25. The van der Waals surface area contributed by atoms with Crippen LogP contribution in [0.25, 0.3) is 0 Å². The third-order valence-corrected chi connectivity index (χ3v) is 3.40. The highest BCUT2D eigenvalue weighted by atomic mass is 127. The SMILES string of the molecule is Cc1ccc(NC(N)=NCC2(O)CCCC2)cc1.I. The van der Waals surface area contributed by atoms with E-state index in [0.717, 1.165) is 31.4 Å². The van der Waals surface area contributed by atoms with Crippen LogP contribution in [-0.2, 0) is 0 Å². The minimum absolute atomic E-state index is 0. The molecule has 1 aliphatic carbocycles. The van der Waals surface area contributed by atoms with Crippen LogP contribution in [0.3, 0.4) is 0 Å². The van der Waals surface area contributed by atoms with Gasteiger partial charge >= 0.3 is 0 Å². The van der Waals surface area contributed by atoms with Gasteiger partial charge in [0.1, 0.15) is 0 Å². The van der Waals surface area contributed by atoms with Gasteiger partial charge < -0.3 is 16.2 Å². The van der Waals surface area contributed by atoms with Crippen molar-refractivity contribution in [3.05, 3.63) is 29.8 Å². The standard InChI is InChI=1S/C14H21N3O.HI/c1-11-4-6-12(7-5-11)17-13(15)16-10-14(18)8-2-3-9-14;/h4-7,18H,2-3,8-10H2,1H3,(H3,15,16,17);1H. The van der Waals surface area contributed by atoms with E-state index in [9.17, 15) is 5.11 Å². The van der Waals surface area contributed by atoms with E-state index in [0.29, 0.717) is 12.5 Å². The number of anilines is 1. The molecule has 0 heterocycles. The van der Waals surface area contributed by atoms with E-state index in [2.05, 4.69) is 10.3 Å². The summed E-state index contributed by atoms with van der Waals surface area (Å²) < 4.78 is 0. The fraction of sp³-hybridized carbons (Fsp3) is 0.500. The molecule has 0 atom stereocenters. The number of rotatable bonds is 3. The molecular weight excluding hydrogens is 353 g/mol. The van der Waals surface area contributed by atoms with Gasteiger partial charge in [-0.05, 0) is 31.9 Å². The largest absolute Gasteiger partial charge is 0.388 e. The van der Waals surface area contributed by atoms with Crippen LogP contribution in [0.1, 0.15) is 31.2 Å². The molecule has 1 aromatic carbocycles. The predicted molar refractivity (Wildman–Crippen MR) is 90.1 cm³/mol. The highest BCUT2D eigenvalue weighted by Crippen LogP contribution is 2.29. The van der Waals surface area contributed by atoms with Crippen molar-refractivity contribution < 1.29 is 5.11 Å². The maximum Gasteiger partial charge on any atom is 0.193 e. The molecule has 106 valence electrons. The summed E-state index contributed by atoms with van der Waals surface area (Å²) in [6.07, 6.45) is 3.82. The van der Waals surface area contributed by atoms with Gasteiger partial charge in [-0.1, -0.05) is 30.5 Å². The average Bonchev–Trinajstić information content (AvgIpc) is 2.78. The Hall–Kier alpha value is -0.820. The van der Waals surface area contributed by atoms with Crippen LogP contribution in [0.5, 0.6) is 0 Å². The van der Waals surface area contributed by atoms with Crippen molar-refractivity contribution >= 4 is 35.6 Å². The molecule has 0 aliphatic heterocycles. The van der Waals surface area contributed by atoms with E-state index >= 15 is 0 Å². The molecule has 0 unspecified atom stereocenters. The first kappa shape index (κ1) is 16.2. The van der Waals surface area contributed by atoms with Gasteiger partial charge in [0.2, 0.25) is 0 Å². The van der Waals surface area contributed by atoms with Crippen LogP contribution in [0.15, 0.2) is 29.3 Å². The second-order valence-corrected chi connectivity index (χ2v) is 5.12. The number of nitrogens with zero attached hydrogens (tertiary/aromatic N) is 1. The van der Waals surface area contributed by atoms with Crippen LogP contribution in [0.2, 0.25) is 0 Å². The van der Waals surface area contributed by atoms with Gasteiger partial charge in [-0.15, -0.1) is 24.0 Å². The van der Waals surface area contributed by atoms with Crippen LogP contribution in [-0.4, -0.2) is 23.2 Å². The lowest BCUT2D eigenvalue weighted by molar-refractivity contribution is 0.0575. The van der Waals surface area contributed by atoms with E-state index in [1.165, 1.54) is 5.56 Å². The van der Waals surface area contributed by atoms with Gasteiger partial charge in [-0.2, -0.15) is 0 Å². The lowest BCUT2D eigenvalue weighted by Gasteiger charge is -2.19. The van der Waals surface area contributed by atoms with E-state index in [1.807, 2.05) is 31.2 Å². The van der Waals surface area contributed by atoms with Crippen molar-refractivity contribution in [1.29, 1.82) is 0 Å². The van der Waals surface area contributed by atoms with Gasteiger partial charge in [0.25, 0.3) is 0 Å². The average molecular weight is 375 g/mol. The van der Waals surface area contributed by atoms with Gasteiger partial charge in [-0.25, -0.2) is 0 Å². The number of hydrogen-bond acceptors (Lipinski definition) is 2. The van der Waals surface area contributed by atoms with Crippen molar-refractivity contribution in [2.24, 2.45) is 10.7 Å². The number of aliphatic imine (C=N–C) groups is 1.